The van der Waals surface area contributed by atoms with E-state index >= 15 is 0 Å². The second kappa shape index (κ2) is 5.98. The lowest BCUT2D eigenvalue weighted by molar-refractivity contribution is 0.0215. The Kier molecular flexibility index (Phi) is 4.33. The maximum atomic E-state index is 9.30. The number of nitrogens with zero attached hydrogens (tertiary/aromatic N) is 4. The van der Waals surface area contributed by atoms with Crippen molar-refractivity contribution in [2.24, 2.45) is 0 Å². The van der Waals surface area contributed by atoms with Gasteiger partial charge >= 0.3 is 0 Å². The molecule has 1 fully saturated rings. The molecule has 0 aliphatic carbocycles. The van der Waals surface area contributed by atoms with Crippen LogP contribution in [0.2, 0.25) is 0 Å². The van der Waals surface area contributed by atoms with E-state index in [0.717, 1.165) is 37.3 Å². The summed E-state index contributed by atoms with van der Waals surface area (Å²) in [7, 11) is 1.94. The van der Waals surface area contributed by atoms with Gasteiger partial charge in [-0.15, -0.1) is 5.10 Å². The van der Waals surface area contributed by atoms with Crippen molar-refractivity contribution in [3.8, 4) is 6.07 Å². The van der Waals surface area contributed by atoms with Crippen LogP contribution in [0.15, 0.2) is 0 Å². The first-order valence-corrected chi connectivity index (χ1v) is 6.70. The lowest BCUT2D eigenvalue weighted by Gasteiger charge is -2.28. The van der Waals surface area contributed by atoms with Crippen molar-refractivity contribution in [1.82, 2.24) is 10.2 Å². The minimum atomic E-state index is 0.230. The van der Waals surface area contributed by atoms with Crippen molar-refractivity contribution in [2.45, 2.75) is 39.2 Å². The molecule has 1 aromatic rings. The van der Waals surface area contributed by atoms with Crippen LogP contribution >= 0.6 is 0 Å². The second-order valence-electron chi connectivity index (χ2n) is 5.09. The Morgan fingerprint density at radius 1 is 1.37 bits per heavy atom. The fraction of sp³-hybridized carbons (Fsp3) is 0.643. The number of aryl methyl sites for hydroxylation is 1. The molecule has 102 valence electrons. The van der Waals surface area contributed by atoms with Crippen LogP contribution in [0.25, 0.3) is 0 Å². The van der Waals surface area contributed by atoms with E-state index in [1.807, 2.05) is 25.8 Å². The molecule has 1 saturated heterocycles. The van der Waals surface area contributed by atoms with Crippen molar-refractivity contribution in [2.75, 3.05) is 25.1 Å². The van der Waals surface area contributed by atoms with Crippen LogP contribution in [0.5, 0.6) is 0 Å². The molecular weight excluding hydrogens is 240 g/mol. The molecule has 2 rings (SSSR count). The Hall–Kier alpha value is -1.67. The van der Waals surface area contributed by atoms with E-state index in [4.69, 9.17) is 4.74 Å². The summed E-state index contributed by atoms with van der Waals surface area (Å²) in [6.45, 7) is 5.38. The van der Waals surface area contributed by atoms with Crippen LogP contribution in [0.4, 0.5) is 5.82 Å². The topological polar surface area (TPSA) is 62.0 Å². The van der Waals surface area contributed by atoms with Gasteiger partial charge in [0.05, 0.1) is 11.8 Å². The summed E-state index contributed by atoms with van der Waals surface area (Å²) in [4.78, 5) is 1.98. The van der Waals surface area contributed by atoms with Crippen LogP contribution in [-0.4, -0.2) is 36.5 Å². The van der Waals surface area contributed by atoms with Crippen LogP contribution in [-0.2, 0) is 4.74 Å². The first-order chi connectivity index (χ1) is 9.13. The Bertz CT molecular complexity index is 489. The maximum Gasteiger partial charge on any atom is 0.169 e. The van der Waals surface area contributed by atoms with Gasteiger partial charge in [-0.25, -0.2) is 0 Å². The molecule has 1 unspecified atom stereocenters. The predicted molar refractivity (Wildman–Crippen MR) is 73.1 cm³/mol. The number of nitriles is 1. The highest BCUT2D eigenvalue weighted by Crippen LogP contribution is 2.22. The van der Waals surface area contributed by atoms with Crippen LogP contribution in [0, 0.1) is 25.2 Å². The van der Waals surface area contributed by atoms with Crippen LogP contribution in [0.3, 0.4) is 0 Å². The number of ether oxygens (including phenoxy) is 1. The quantitative estimate of drug-likeness (QED) is 0.831. The summed E-state index contributed by atoms with van der Waals surface area (Å²) in [6.07, 6.45) is 3.66. The summed E-state index contributed by atoms with van der Waals surface area (Å²) in [5.41, 5.74) is 2.33. The molecule has 1 aliphatic heterocycles. The minimum absolute atomic E-state index is 0.230. The largest absolute Gasteiger partial charge is 0.376 e. The average Bonchev–Trinajstić information content (AvgIpc) is 2.42. The smallest absolute Gasteiger partial charge is 0.169 e. The highest BCUT2D eigenvalue weighted by atomic mass is 16.5. The SMILES string of the molecule is Cc1nnc(N(C)CC2CCCCO2)c(C#N)c1C. The van der Waals surface area contributed by atoms with E-state index in [-0.39, 0.29) is 6.10 Å². The average molecular weight is 260 g/mol. The Labute approximate surface area is 114 Å². The molecule has 19 heavy (non-hydrogen) atoms. The van der Waals surface area contributed by atoms with Gasteiger partial charge in [0.1, 0.15) is 11.6 Å². The van der Waals surface area contributed by atoms with Gasteiger partial charge < -0.3 is 9.64 Å². The van der Waals surface area contributed by atoms with E-state index in [9.17, 15) is 5.26 Å². The molecule has 5 heteroatoms. The molecule has 0 radical (unpaired) electrons. The van der Waals surface area contributed by atoms with Gasteiger partial charge in [-0.3, -0.25) is 0 Å². The number of likely N-dealkylation sites (N-methyl/N-ethyl adjacent to an activating group) is 1. The van der Waals surface area contributed by atoms with Crippen molar-refractivity contribution in [1.29, 1.82) is 5.26 Å². The van der Waals surface area contributed by atoms with Crippen molar-refractivity contribution in [3.05, 3.63) is 16.8 Å². The summed E-state index contributed by atoms with van der Waals surface area (Å²) in [5.74, 6) is 0.653. The maximum absolute atomic E-state index is 9.30. The third-order valence-electron chi connectivity index (χ3n) is 3.66. The normalized spacial score (nSPS) is 18.9. The van der Waals surface area contributed by atoms with Gasteiger partial charge in [-0.1, -0.05) is 0 Å². The summed E-state index contributed by atoms with van der Waals surface area (Å²) >= 11 is 0. The molecule has 0 bridgehead atoms. The first kappa shape index (κ1) is 13.8. The number of aromatic nitrogens is 2. The zero-order valence-corrected chi connectivity index (χ0v) is 11.8. The van der Waals surface area contributed by atoms with E-state index in [1.165, 1.54) is 6.42 Å². The minimum Gasteiger partial charge on any atom is -0.376 e. The monoisotopic (exact) mass is 260 g/mol. The van der Waals surface area contributed by atoms with E-state index in [0.29, 0.717) is 11.4 Å². The zero-order valence-electron chi connectivity index (χ0n) is 11.8. The molecule has 0 N–H and O–H groups in total. The van der Waals surface area contributed by atoms with Crippen LogP contribution in [0.1, 0.15) is 36.1 Å². The Morgan fingerprint density at radius 3 is 2.79 bits per heavy atom. The molecule has 1 atom stereocenters. The second-order valence-corrected chi connectivity index (χ2v) is 5.09. The number of hydrogen-bond donors (Lipinski definition) is 0. The highest BCUT2D eigenvalue weighted by Gasteiger charge is 2.20. The first-order valence-electron chi connectivity index (χ1n) is 6.70. The van der Waals surface area contributed by atoms with Gasteiger partial charge in [0.2, 0.25) is 0 Å². The molecule has 1 aromatic heterocycles. The fourth-order valence-electron chi connectivity index (χ4n) is 2.34. The van der Waals surface area contributed by atoms with Gasteiger partial charge in [0.25, 0.3) is 0 Å². The fourth-order valence-corrected chi connectivity index (χ4v) is 2.34. The van der Waals surface area contributed by atoms with Crippen molar-refractivity contribution in [3.63, 3.8) is 0 Å². The van der Waals surface area contributed by atoms with Crippen LogP contribution < -0.4 is 4.90 Å². The lowest BCUT2D eigenvalue weighted by Crippen LogP contribution is -2.34. The summed E-state index contributed by atoms with van der Waals surface area (Å²) < 4.78 is 5.72. The molecule has 0 spiro atoms. The molecule has 2 heterocycles. The molecule has 5 nitrogen and oxygen atoms in total. The van der Waals surface area contributed by atoms with Crippen molar-refractivity contribution >= 4 is 5.82 Å². The molecule has 1 aliphatic rings. The summed E-state index contributed by atoms with van der Waals surface area (Å²) in [5, 5.41) is 17.6. The molecule has 0 aromatic carbocycles. The van der Waals surface area contributed by atoms with Crippen molar-refractivity contribution < 1.29 is 4.74 Å². The lowest BCUT2D eigenvalue weighted by atomic mass is 10.1. The highest BCUT2D eigenvalue weighted by molar-refractivity contribution is 5.57. The van der Waals surface area contributed by atoms with Gasteiger partial charge in [-0.05, 0) is 38.7 Å². The van der Waals surface area contributed by atoms with Gasteiger partial charge in [0, 0.05) is 20.2 Å². The number of anilines is 1. The zero-order chi connectivity index (χ0) is 13.8. The van der Waals surface area contributed by atoms with Gasteiger partial charge in [-0.2, -0.15) is 10.4 Å². The van der Waals surface area contributed by atoms with E-state index in [1.54, 1.807) is 0 Å². The summed E-state index contributed by atoms with van der Waals surface area (Å²) in [6, 6.07) is 2.24. The third kappa shape index (κ3) is 3.02. The van der Waals surface area contributed by atoms with E-state index < -0.39 is 0 Å². The van der Waals surface area contributed by atoms with Gasteiger partial charge in [0.15, 0.2) is 5.82 Å². The van der Waals surface area contributed by atoms with E-state index in [2.05, 4.69) is 16.3 Å². The number of rotatable bonds is 3. The third-order valence-corrected chi connectivity index (χ3v) is 3.66. The molecule has 0 amide bonds. The molecular formula is C14H20N4O. The Balaban J connectivity index is 2.16. The number of hydrogen-bond acceptors (Lipinski definition) is 5. The Morgan fingerprint density at radius 2 is 2.16 bits per heavy atom. The predicted octanol–water partition coefficient (Wildman–Crippen LogP) is 1.97. The standard InChI is InChI=1S/C14H20N4O/c1-10-11(2)16-17-14(13(10)8-15)18(3)9-12-6-4-5-7-19-12/h12H,4-7,9H2,1-3H3. The molecule has 0 saturated carbocycles.